The molecule has 1 saturated carbocycles. The average molecular weight is 235 g/mol. The van der Waals surface area contributed by atoms with Crippen molar-refractivity contribution in [3.63, 3.8) is 0 Å². The Balaban J connectivity index is 2.42. The van der Waals surface area contributed by atoms with Gasteiger partial charge in [-0.25, -0.2) is 0 Å². The van der Waals surface area contributed by atoms with Crippen molar-refractivity contribution < 1.29 is 9.53 Å². The Kier molecular flexibility index (Phi) is 4.06. The monoisotopic (exact) mass is 234 g/mol. The van der Waals surface area contributed by atoms with Crippen molar-refractivity contribution in [2.75, 3.05) is 6.61 Å². The lowest BCUT2D eigenvalue weighted by Gasteiger charge is -2.25. The second-order valence-corrected chi connectivity index (χ2v) is 4.34. The Morgan fingerprint density at radius 1 is 1.50 bits per heavy atom. The van der Waals surface area contributed by atoms with E-state index in [1.807, 2.05) is 6.92 Å². The van der Waals surface area contributed by atoms with Crippen LogP contribution in [0, 0.1) is 5.92 Å². The van der Waals surface area contributed by atoms with Crippen LogP contribution >= 0.6 is 15.9 Å². The molecular weight excluding hydrogens is 220 g/mol. The third-order valence-corrected chi connectivity index (χ3v) is 3.37. The molecule has 0 radical (unpaired) electrons. The van der Waals surface area contributed by atoms with Crippen LogP contribution in [0.15, 0.2) is 0 Å². The molecule has 1 rings (SSSR count). The highest BCUT2D eigenvalue weighted by molar-refractivity contribution is 9.09. The van der Waals surface area contributed by atoms with Gasteiger partial charge in [0.25, 0.3) is 0 Å². The van der Waals surface area contributed by atoms with Gasteiger partial charge in [-0.05, 0) is 19.8 Å². The number of rotatable bonds is 2. The molecule has 70 valence electrons. The van der Waals surface area contributed by atoms with Crippen LogP contribution in [0.2, 0.25) is 0 Å². The highest BCUT2D eigenvalue weighted by Gasteiger charge is 2.29. The van der Waals surface area contributed by atoms with Crippen LogP contribution in [-0.2, 0) is 9.53 Å². The van der Waals surface area contributed by atoms with Gasteiger partial charge in [0.05, 0.1) is 12.5 Å². The lowest BCUT2D eigenvalue weighted by Crippen LogP contribution is -2.28. The van der Waals surface area contributed by atoms with Gasteiger partial charge in [0.15, 0.2) is 0 Å². The van der Waals surface area contributed by atoms with E-state index in [1.165, 1.54) is 6.42 Å². The number of carbonyl (C=O) groups excluding carboxylic acids is 1. The number of carbonyl (C=O) groups is 1. The molecule has 0 saturated heterocycles. The second-order valence-electron chi connectivity index (χ2n) is 3.16. The van der Waals surface area contributed by atoms with E-state index in [-0.39, 0.29) is 11.9 Å². The summed E-state index contributed by atoms with van der Waals surface area (Å²) in [5.74, 6) is 0.0674. The van der Waals surface area contributed by atoms with Gasteiger partial charge in [-0.2, -0.15) is 0 Å². The van der Waals surface area contributed by atoms with Crippen LogP contribution in [0.1, 0.15) is 32.6 Å². The Bertz CT molecular complexity index is 159. The van der Waals surface area contributed by atoms with Crippen molar-refractivity contribution in [1.29, 1.82) is 0 Å². The van der Waals surface area contributed by atoms with Gasteiger partial charge in [0.1, 0.15) is 0 Å². The van der Waals surface area contributed by atoms with Crippen molar-refractivity contribution in [3.05, 3.63) is 0 Å². The maximum Gasteiger partial charge on any atom is 0.310 e. The Hall–Kier alpha value is -0.0500. The molecular formula is C9H15BrO2. The summed E-state index contributed by atoms with van der Waals surface area (Å²) in [7, 11) is 0. The molecule has 1 aliphatic carbocycles. The van der Waals surface area contributed by atoms with E-state index in [9.17, 15) is 4.79 Å². The maximum absolute atomic E-state index is 11.4. The van der Waals surface area contributed by atoms with Crippen LogP contribution in [-0.4, -0.2) is 17.4 Å². The lowest BCUT2D eigenvalue weighted by atomic mass is 9.89. The molecule has 2 nitrogen and oxygen atoms in total. The molecule has 0 unspecified atom stereocenters. The van der Waals surface area contributed by atoms with E-state index in [0.717, 1.165) is 19.3 Å². The fraction of sp³-hybridized carbons (Fsp3) is 0.889. The first-order chi connectivity index (χ1) is 5.75. The zero-order chi connectivity index (χ0) is 8.97. The van der Waals surface area contributed by atoms with E-state index in [0.29, 0.717) is 11.4 Å². The Morgan fingerprint density at radius 3 is 2.75 bits per heavy atom. The van der Waals surface area contributed by atoms with Gasteiger partial charge < -0.3 is 4.74 Å². The normalized spacial score (nSPS) is 29.8. The van der Waals surface area contributed by atoms with Crippen molar-refractivity contribution in [1.82, 2.24) is 0 Å². The summed E-state index contributed by atoms with van der Waals surface area (Å²) < 4.78 is 4.98. The predicted octanol–water partition coefficient (Wildman–Crippen LogP) is 2.50. The largest absolute Gasteiger partial charge is 0.466 e. The zero-order valence-corrected chi connectivity index (χ0v) is 8.97. The van der Waals surface area contributed by atoms with E-state index < -0.39 is 0 Å². The molecule has 1 aliphatic rings. The molecule has 0 heterocycles. The molecule has 2 atom stereocenters. The summed E-state index contributed by atoms with van der Waals surface area (Å²) in [5, 5.41) is 0. The van der Waals surface area contributed by atoms with Crippen molar-refractivity contribution in [2.24, 2.45) is 5.92 Å². The molecule has 12 heavy (non-hydrogen) atoms. The average Bonchev–Trinajstić information content (AvgIpc) is 2.05. The number of hydrogen-bond donors (Lipinski definition) is 0. The van der Waals surface area contributed by atoms with Gasteiger partial charge in [-0.15, -0.1) is 0 Å². The topological polar surface area (TPSA) is 26.3 Å². The first-order valence-corrected chi connectivity index (χ1v) is 5.48. The van der Waals surface area contributed by atoms with Gasteiger partial charge in [0.2, 0.25) is 0 Å². The number of alkyl halides is 1. The van der Waals surface area contributed by atoms with Crippen LogP contribution in [0.25, 0.3) is 0 Å². The highest BCUT2D eigenvalue weighted by Crippen LogP contribution is 2.30. The standard InChI is InChI=1S/C9H15BrO2/c1-2-12-9(11)7-5-3-4-6-8(7)10/h7-8H,2-6H2,1H3/t7-,8+/m1/s1. The zero-order valence-electron chi connectivity index (χ0n) is 7.38. The lowest BCUT2D eigenvalue weighted by molar-refractivity contribution is -0.148. The first kappa shape index (κ1) is 10.0. The summed E-state index contributed by atoms with van der Waals surface area (Å²) in [6, 6.07) is 0. The molecule has 0 amide bonds. The van der Waals surface area contributed by atoms with Crippen LogP contribution in [0.4, 0.5) is 0 Å². The molecule has 0 aromatic carbocycles. The van der Waals surface area contributed by atoms with Crippen LogP contribution in [0.3, 0.4) is 0 Å². The van der Waals surface area contributed by atoms with Gasteiger partial charge >= 0.3 is 5.97 Å². The molecule has 0 aromatic rings. The fourth-order valence-electron chi connectivity index (χ4n) is 1.60. The number of esters is 1. The minimum absolute atomic E-state index is 0.0286. The third-order valence-electron chi connectivity index (χ3n) is 2.27. The number of ether oxygens (including phenoxy) is 1. The molecule has 0 spiro atoms. The van der Waals surface area contributed by atoms with E-state index in [1.54, 1.807) is 0 Å². The van der Waals surface area contributed by atoms with Crippen molar-refractivity contribution >= 4 is 21.9 Å². The molecule has 0 bridgehead atoms. The van der Waals surface area contributed by atoms with Crippen LogP contribution in [0.5, 0.6) is 0 Å². The summed E-state index contributed by atoms with van der Waals surface area (Å²) in [6.07, 6.45) is 4.47. The van der Waals surface area contributed by atoms with E-state index >= 15 is 0 Å². The van der Waals surface area contributed by atoms with Gasteiger partial charge in [-0.3, -0.25) is 4.79 Å². The molecule has 0 aromatic heterocycles. The third kappa shape index (κ3) is 2.47. The second kappa shape index (κ2) is 4.85. The van der Waals surface area contributed by atoms with Crippen molar-refractivity contribution in [2.45, 2.75) is 37.4 Å². The summed E-state index contributed by atoms with van der Waals surface area (Å²) in [6.45, 7) is 2.35. The quantitative estimate of drug-likeness (QED) is 0.543. The summed E-state index contributed by atoms with van der Waals surface area (Å²) in [4.78, 5) is 11.7. The SMILES string of the molecule is CCOC(=O)[C@@H]1CCCC[C@@H]1Br. The first-order valence-electron chi connectivity index (χ1n) is 4.56. The molecule has 0 aliphatic heterocycles. The molecule has 1 fully saturated rings. The summed E-state index contributed by atoms with van der Waals surface area (Å²) in [5.41, 5.74) is 0. The van der Waals surface area contributed by atoms with Crippen LogP contribution < -0.4 is 0 Å². The van der Waals surface area contributed by atoms with Gasteiger partial charge in [-0.1, -0.05) is 28.8 Å². The minimum Gasteiger partial charge on any atom is -0.466 e. The molecule has 3 heteroatoms. The number of hydrogen-bond acceptors (Lipinski definition) is 2. The summed E-state index contributed by atoms with van der Waals surface area (Å²) >= 11 is 3.52. The maximum atomic E-state index is 11.4. The predicted molar refractivity (Wildman–Crippen MR) is 51.3 cm³/mol. The molecule has 0 N–H and O–H groups in total. The fourth-order valence-corrected chi connectivity index (χ4v) is 2.40. The van der Waals surface area contributed by atoms with E-state index in [2.05, 4.69) is 15.9 Å². The Morgan fingerprint density at radius 2 is 2.17 bits per heavy atom. The van der Waals surface area contributed by atoms with Gasteiger partial charge in [0, 0.05) is 4.83 Å². The minimum atomic E-state index is -0.0286. The Labute approximate surface area is 81.8 Å². The van der Waals surface area contributed by atoms with Crippen molar-refractivity contribution in [3.8, 4) is 0 Å². The smallest absolute Gasteiger partial charge is 0.310 e. The number of halogens is 1. The highest BCUT2D eigenvalue weighted by atomic mass is 79.9. The van der Waals surface area contributed by atoms with E-state index in [4.69, 9.17) is 4.74 Å².